The molecule has 0 aliphatic carbocycles. The number of hydrogen-bond donors (Lipinski definition) is 2. The fourth-order valence-corrected chi connectivity index (χ4v) is 4.08. The van der Waals surface area contributed by atoms with Crippen LogP contribution >= 0.6 is 0 Å². The van der Waals surface area contributed by atoms with Gasteiger partial charge in [0, 0.05) is 11.8 Å². The Balaban J connectivity index is 1.58. The number of aryl methyl sites for hydroxylation is 1. The van der Waals surface area contributed by atoms with Crippen LogP contribution in [0.25, 0.3) is 11.4 Å². The predicted octanol–water partition coefficient (Wildman–Crippen LogP) is 2.93. The van der Waals surface area contributed by atoms with Gasteiger partial charge in [-0.25, -0.2) is 4.98 Å². The lowest BCUT2D eigenvalue weighted by Crippen LogP contribution is -2.46. The van der Waals surface area contributed by atoms with Crippen molar-refractivity contribution < 1.29 is 14.0 Å². The van der Waals surface area contributed by atoms with Gasteiger partial charge >= 0.3 is 0 Å². The second kappa shape index (κ2) is 11.0. The van der Waals surface area contributed by atoms with Crippen molar-refractivity contribution in [2.45, 2.75) is 52.6 Å². The summed E-state index contributed by atoms with van der Waals surface area (Å²) in [4.78, 5) is 48.4. The number of rotatable bonds is 9. The Labute approximate surface area is 225 Å². The fourth-order valence-electron chi connectivity index (χ4n) is 4.08. The minimum absolute atomic E-state index is 0.0483. The number of ketones is 1. The highest BCUT2D eigenvalue weighted by molar-refractivity contribution is 5.98. The molecule has 0 bridgehead atoms. The molecule has 3 aromatic heterocycles. The van der Waals surface area contributed by atoms with Gasteiger partial charge in [-0.2, -0.15) is 0 Å². The Hall–Kier alpha value is -4.67. The van der Waals surface area contributed by atoms with Crippen molar-refractivity contribution >= 4 is 17.4 Å². The third kappa shape index (κ3) is 5.62. The summed E-state index contributed by atoms with van der Waals surface area (Å²) >= 11 is 0. The van der Waals surface area contributed by atoms with Crippen LogP contribution in [0.1, 0.15) is 55.7 Å². The number of Topliss-reactive ketones (excluding diaryl/α,β-unsaturated/α-hetero) is 1. The maximum atomic E-state index is 13.4. The summed E-state index contributed by atoms with van der Waals surface area (Å²) in [5.41, 5.74) is 6.33. The molecule has 11 nitrogen and oxygen atoms in total. The minimum Gasteiger partial charge on any atom is -0.417 e. The highest BCUT2D eigenvalue weighted by atomic mass is 16.4. The fraction of sp³-hybridized carbons (Fsp3) is 0.321. The van der Waals surface area contributed by atoms with Gasteiger partial charge in [-0.15, -0.1) is 10.2 Å². The number of nitrogens with two attached hydrogens (primary N) is 1. The number of nitrogens with zero attached hydrogens (tertiary/aromatic N) is 5. The average molecular weight is 530 g/mol. The van der Waals surface area contributed by atoms with E-state index in [0.29, 0.717) is 22.8 Å². The van der Waals surface area contributed by atoms with Gasteiger partial charge < -0.3 is 15.5 Å². The first kappa shape index (κ1) is 27.4. The zero-order chi connectivity index (χ0) is 28.3. The lowest BCUT2D eigenvalue weighted by molar-refractivity contribution is -0.122. The molecule has 0 unspecified atom stereocenters. The molecule has 11 heteroatoms. The number of aromatic nitrogens is 5. The SMILES string of the molecule is Cc1nc(-c2ccccc2)n(CC(=O)N[C@H](C(=O)c2nnc(C(C)(C)c3ccccn3)o2)C(C)C)c(=O)c1N. The first-order valence-electron chi connectivity index (χ1n) is 12.5. The van der Waals surface area contributed by atoms with Gasteiger partial charge in [0.25, 0.3) is 11.4 Å². The molecule has 1 amide bonds. The van der Waals surface area contributed by atoms with E-state index >= 15 is 0 Å². The highest BCUT2D eigenvalue weighted by Crippen LogP contribution is 2.29. The molecule has 0 spiro atoms. The number of pyridine rings is 1. The topological polar surface area (TPSA) is 159 Å². The number of benzene rings is 1. The Morgan fingerprint density at radius 1 is 1.08 bits per heavy atom. The number of nitrogens with one attached hydrogen (secondary N) is 1. The van der Waals surface area contributed by atoms with Crippen molar-refractivity contribution in [1.82, 2.24) is 30.0 Å². The van der Waals surface area contributed by atoms with Crippen LogP contribution < -0.4 is 16.6 Å². The minimum atomic E-state index is -0.976. The molecule has 3 N–H and O–H groups in total. The zero-order valence-corrected chi connectivity index (χ0v) is 22.5. The number of amides is 1. The number of nitrogen functional groups attached to an aromatic ring is 1. The number of carbonyl (C=O) groups excluding carboxylic acids is 2. The maximum absolute atomic E-state index is 13.4. The number of carbonyl (C=O) groups is 2. The molecule has 202 valence electrons. The molecule has 3 heterocycles. The van der Waals surface area contributed by atoms with E-state index in [1.165, 1.54) is 4.57 Å². The van der Waals surface area contributed by atoms with E-state index in [0.717, 1.165) is 0 Å². The van der Waals surface area contributed by atoms with Crippen molar-refractivity contribution in [3.63, 3.8) is 0 Å². The lowest BCUT2D eigenvalue weighted by atomic mass is 9.89. The molecule has 4 rings (SSSR count). The molecular weight excluding hydrogens is 498 g/mol. The van der Waals surface area contributed by atoms with Crippen LogP contribution in [-0.4, -0.2) is 42.5 Å². The summed E-state index contributed by atoms with van der Waals surface area (Å²) in [5.74, 6) is -1.12. The van der Waals surface area contributed by atoms with Gasteiger partial charge in [0.2, 0.25) is 17.6 Å². The third-order valence-electron chi connectivity index (χ3n) is 6.47. The van der Waals surface area contributed by atoms with Gasteiger partial charge in [-0.05, 0) is 38.8 Å². The molecule has 0 radical (unpaired) electrons. The van der Waals surface area contributed by atoms with Gasteiger partial charge in [0.1, 0.15) is 18.1 Å². The number of anilines is 1. The highest BCUT2D eigenvalue weighted by Gasteiger charge is 2.35. The van der Waals surface area contributed by atoms with Crippen molar-refractivity contribution in [1.29, 1.82) is 0 Å². The van der Waals surface area contributed by atoms with Gasteiger partial charge in [0.05, 0.1) is 22.8 Å². The Kier molecular flexibility index (Phi) is 7.70. The quantitative estimate of drug-likeness (QED) is 0.311. The van der Waals surface area contributed by atoms with Crippen molar-refractivity contribution in [3.8, 4) is 11.4 Å². The lowest BCUT2D eigenvalue weighted by Gasteiger charge is -2.21. The summed E-state index contributed by atoms with van der Waals surface area (Å²) in [6.07, 6.45) is 1.66. The van der Waals surface area contributed by atoms with E-state index in [1.807, 2.05) is 32.0 Å². The van der Waals surface area contributed by atoms with Crippen LogP contribution in [0.15, 0.2) is 63.9 Å². The molecule has 0 saturated heterocycles. The smallest absolute Gasteiger partial charge is 0.286 e. The van der Waals surface area contributed by atoms with E-state index in [-0.39, 0.29) is 23.4 Å². The van der Waals surface area contributed by atoms with Crippen molar-refractivity contribution in [3.05, 3.63) is 88.3 Å². The second-order valence-electron chi connectivity index (χ2n) is 10.1. The van der Waals surface area contributed by atoms with E-state index < -0.39 is 35.3 Å². The summed E-state index contributed by atoms with van der Waals surface area (Å²) in [6, 6.07) is 13.5. The van der Waals surface area contributed by atoms with E-state index in [2.05, 4.69) is 25.5 Å². The summed E-state index contributed by atoms with van der Waals surface area (Å²) in [6.45, 7) is 8.54. The Bertz CT molecular complexity index is 1540. The van der Waals surface area contributed by atoms with Gasteiger partial charge in [-0.1, -0.05) is 50.2 Å². The van der Waals surface area contributed by atoms with Gasteiger partial charge in [-0.3, -0.25) is 23.9 Å². The molecule has 1 aromatic carbocycles. The van der Waals surface area contributed by atoms with E-state index in [1.54, 1.807) is 57.3 Å². The van der Waals surface area contributed by atoms with Crippen LogP contribution in [0, 0.1) is 12.8 Å². The molecule has 4 aromatic rings. The molecule has 39 heavy (non-hydrogen) atoms. The van der Waals surface area contributed by atoms with Crippen LogP contribution in [0.2, 0.25) is 0 Å². The summed E-state index contributed by atoms with van der Waals surface area (Å²) in [5, 5.41) is 10.8. The molecule has 0 saturated carbocycles. The summed E-state index contributed by atoms with van der Waals surface area (Å²) < 4.78 is 6.98. The van der Waals surface area contributed by atoms with E-state index in [9.17, 15) is 14.4 Å². The Morgan fingerprint density at radius 3 is 2.41 bits per heavy atom. The Morgan fingerprint density at radius 2 is 1.77 bits per heavy atom. The van der Waals surface area contributed by atoms with Crippen molar-refractivity contribution in [2.24, 2.45) is 5.92 Å². The third-order valence-corrected chi connectivity index (χ3v) is 6.47. The molecular formula is C28H31N7O4. The predicted molar refractivity (Wildman–Crippen MR) is 145 cm³/mol. The van der Waals surface area contributed by atoms with Crippen LogP contribution in [0.3, 0.4) is 0 Å². The molecule has 0 aliphatic rings. The number of hydrogen-bond acceptors (Lipinski definition) is 9. The molecule has 1 atom stereocenters. The van der Waals surface area contributed by atoms with Crippen LogP contribution in [-0.2, 0) is 16.8 Å². The summed E-state index contributed by atoms with van der Waals surface area (Å²) in [7, 11) is 0. The second-order valence-corrected chi connectivity index (χ2v) is 10.1. The van der Waals surface area contributed by atoms with Crippen molar-refractivity contribution in [2.75, 3.05) is 5.73 Å². The standard InChI is InChI=1S/C28H31N7O4/c1-16(2)22(23(37)25-33-34-27(39-25)28(4,5)19-13-9-10-14-30-19)32-20(36)15-35-24(18-11-7-6-8-12-18)31-17(3)21(29)26(35)38/h6-14,16,22H,15,29H2,1-5H3,(H,32,36)/t22-/m0/s1. The van der Waals surface area contributed by atoms with E-state index in [4.69, 9.17) is 10.2 Å². The molecule has 0 aliphatic heterocycles. The largest absolute Gasteiger partial charge is 0.417 e. The maximum Gasteiger partial charge on any atom is 0.286 e. The monoisotopic (exact) mass is 529 g/mol. The normalized spacial score (nSPS) is 12.4. The zero-order valence-electron chi connectivity index (χ0n) is 22.5. The van der Waals surface area contributed by atoms with Gasteiger partial charge in [0.15, 0.2) is 0 Å². The first-order chi connectivity index (χ1) is 18.5. The van der Waals surface area contributed by atoms with Crippen LogP contribution in [0.5, 0.6) is 0 Å². The van der Waals surface area contributed by atoms with Crippen LogP contribution in [0.4, 0.5) is 5.69 Å². The average Bonchev–Trinajstić information content (AvgIpc) is 3.44. The first-order valence-corrected chi connectivity index (χ1v) is 12.5. The molecule has 0 fully saturated rings.